The molecule has 2 aromatic rings. The second kappa shape index (κ2) is 10.2. The lowest BCUT2D eigenvalue weighted by Crippen LogP contribution is -2.70. The predicted octanol–water partition coefficient (Wildman–Crippen LogP) is 3.78. The third-order valence-corrected chi connectivity index (χ3v) is 7.23. The maximum Gasteiger partial charge on any atom is 0.258 e. The average Bonchev–Trinajstić information content (AvgIpc) is 2.82. The zero-order valence-electron chi connectivity index (χ0n) is 18.6. The number of hydrogen-bond acceptors (Lipinski definition) is 5. The van der Waals surface area contributed by atoms with Crippen molar-refractivity contribution >= 4 is 35.0 Å². The molecule has 2 bridgehead atoms. The third-order valence-electron chi connectivity index (χ3n) is 6.64. The van der Waals surface area contributed by atoms with Crippen LogP contribution < -0.4 is 20.1 Å². The first-order valence-electron chi connectivity index (χ1n) is 11.1. The normalized spacial score (nSPS) is 25.1. The van der Waals surface area contributed by atoms with Crippen molar-refractivity contribution in [1.29, 1.82) is 0 Å². The van der Waals surface area contributed by atoms with E-state index in [1.807, 2.05) is 0 Å². The van der Waals surface area contributed by atoms with Crippen LogP contribution in [-0.4, -0.2) is 47.3 Å². The summed E-state index contributed by atoms with van der Waals surface area (Å²) in [5, 5.41) is 16.5. The van der Waals surface area contributed by atoms with Gasteiger partial charge in [-0.05, 0) is 56.4 Å². The van der Waals surface area contributed by atoms with Crippen LogP contribution in [0, 0.1) is 11.6 Å². The topological polar surface area (TPSA) is 96.9 Å². The van der Waals surface area contributed by atoms with Gasteiger partial charge in [-0.25, -0.2) is 8.78 Å². The number of nitrogens with one attached hydrogen (secondary N) is 2. The van der Waals surface area contributed by atoms with Crippen LogP contribution in [0.15, 0.2) is 36.4 Å². The first-order valence-corrected chi connectivity index (χ1v) is 11.8. The van der Waals surface area contributed by atoms with E-state index in [2.05, 4.69) is 10.6 Å². The van der Waals surface area contributed by atoms with Crippen LogP contribution in [0.25, 0.3) is 0 Å². The molecule has 3 aliphatic carbocycles. The van der Waals surface area contributed by atoms with Crippen molar-refractivity contribution in [2.24, 2.45) is 0 Å². The van der Waals surface area contributed by atoms with Gasteiger partial charge in [-0.3, -0.25) is 9.59 Å². The van der Waals surface area contributed by atoms with Crippen molar-refractivity contribution in [1.82, 2.24) is 10.6 Å². The van der Waals surface area contributed by atoms with E-state index in [9.17, 15) is 23.5 Å². The number of rotatable bonds is 8. The Morgan fingerprint density at radius 2 is 1.49 bits per heavy atom. The summed E-state index contributed by atoms with van der Waals surface area (Å²) in [5.74, 6) is -1.61. The van der Waals surface area contributed by atoms with Gasteiger partial charge >= 0.3 is 0 Å². The van der Waals surface area contributed by atoms with Gasteiger partial charge in [0.1, 0.15) is 23.1 Å². The molecule has 1 atom stereocenters. The standard InChI is InChI=1S/C24H24Cl2F2N2O5/c25-16-3-1-15(10-19(16)28)35-12-21(32)29-23-5-7-24(8-6-23,20(31)11-23)30-22(33)13-34-14-2-4-18(27)17(26)9-14/h1-4,9-10,20,31H,5-8,11-13H2,(H,29,32)(H,30,33)/t20-,23?,24?/m1/s1. The summed E-state index contributed by atoms with van der Waals surface area (Å²) in [4.78, 5) is 25.0. The number of carbonyl (C=O) groups is 2. The van der Waals surface area contributed by atoms with Gasteiger partial charge in [-0.2, -0.15) is 0 Å². The highest BCUT2D eigenvalue weighted by atomic mass is 35.5. The van der Waals surface area contributed by atoms with Crippen LogP contribution in [-0.2, 0) is 9.59 Å². The lowest BCUT2D eigenvalue weighted by Gasteiger charge is -2.56. The number of aliphatic hydroxyl groups is 1. The van der Waals surface area contributed by atoms with Gasteiger partial charge < -0.3 is 25.2 Å². The van der Waals surface area contributed by atoms with E-state index < -0.39 is 40.6 Å². The second-order valence-corrected chi connectivity index (χ2v) is 9.80. The fraction of sp³-hybridized carbons (Fsp3) is 0.417. The molecule has 0 unspecified atom stereocenters. The van der Waals surface area contributed by atoms with Crippen LogP contribution >= 0.6 is 23.2 Å². The second-order valence-electron chi connectivity index (χ2n) is 8.98. The van der Waals surface area contributed by atoms with Crippen LogP contribution in [0.1, 0.15) is 32.1 Å². The summed E-state index contributed by atoms with van der Waals surface area (Å²) < 4.78 is 37.5. The van der Waals surface area contributed by atoms with E-state index in [0.29, 0.717) is 25.7 Å². The van der Waals surface area contributed by atoms with E-state index in [4.69, 9.17) is 32.7 Å². The van der Waals surface area contributed by atoms with E-state index in [1.165, 1.54) is 24.3 Å². The molecule has 35 heavy (non-hydrogen) atoms. The van der Waals surface area contributed by atoms with Crippen molar-refractivity contribution in [3.63, 3.8) is 0 Å². The number of carbonyl (C=O) groups excluding carboxylic acids is 2. The van der Waals surface area contributed by atoms with Crippen LogP contribution in [0.4, 0.5) is 8.78 Å². The molecule has 3 fully saturated rings. The maximum absolute atomic E-state index is 13.5. The Labute approximate surface area is 210 Å². The summed E-state index contributed by atoms with van der Waals surface area (Å²) in [5.41, 5.74) is -1.43. The molecule has 0 spiro atoms. The molecule has 5 rings (SSSR count). The molecule has 0 saturated heterocycles. The van der Waals surface area contributed by atoms with E-state index >= 15 is 0 Å². The number of halogens is 4. The molecule has 7 nitrogen and oxygen atoms in total. The fourth-order valence-corrected chi connectivity index (χ4v) is 5.03. The molecule has 3 N–H and O–H groups in total. The minimum absolute atomic E-state index is 0.0407. The Morgan fingerprint density at radius 1 is 0.886 bits per heavy atom. The van der Waals surface area contributed by atoms with Crippen molar-refractivity contribution in [2.45, 2.75) is 49.3 Å². The molecule has 0 aliphatic heterocycles. The molecule has 0 aromatic heterocycles. The molecule has 3 aliphatic rings. The van der Waals surface area contributed by atoms with Gasteiger partial charge in [-0.15, -0.1) is 0 Å². The Hall–Kier alpha value is -2.62. The minimum atomic E-state index is -0.874. The molecule has 0 radical (unpaired) electrons. The quantitative estimate of drug-likeness (QED) is 0.484. The molecule has 2 aromatic carbocycles. The highest BCUT2D eigenvalue weighted by Gasteiger charge is 2.55. The summed E-state index contributed by atoms with van der Waals surface area (Å²) in [6, 6.07) is 7.70. The van der Waals surface area contributed by atoms with Gasteiger partial charge in [0.05, 0.1) is 21.7 Å². The molecule has 11 heteroatoms. The number of ether oxygens (including phenoxy) is 2. The van der Waals surface area contributed by atoms with E-state index in [0.717, 1.165) is 12.1 Å². The number of hydrogen-bond donors (Lipinski definition) is 3. The largest absolute Gasteiger partial charge is 0.484 e. The third kappa shape index (κ3) is 5.79. The number of aliphatic hydroxyl groups excluding tert-OH is 1. The molecule has 2 amide bonds. The monoisotopic (exact) mass is 528 g/mol. The molecular weight excluding hydrogens is 505 g/mol. The van der Waals surface area contributed by atoms with Gasteiger partial charge in [0.2, 0.25) is 0 Å². The number of fused-ring (bicyclic) bond motifs is 3. The van der Waals surface area contributed by atoms with E-state index in [1.54, 1.807) is 0 Å². The smallest absolute Gasteiger partial charge is 0.258 e. The number of amides is 2. The van der Waals surface area contributed by atoms with Gasteiger partial charge in [0.15, 0.2) is 13.2 Å². The predicted molar refractivity (Wildman–Crippen MR) is 125 cm³/mol. The van der Waals surface area contributed by atoms with Crippen molar-refractivity contribution in [3.05, 3.63) is 58.1 Å². The van der Waals surface area contributed by atoms with Crippen molar-refractivity contribution in [3.8, 4) is 11.5 Å². The Balaban J connectivity index is 1.28. The van der Waals surface area contributed by atoms with Crippen LogP contribution in [0.2, 0.25) is 10.0 Å². The van der Waals surface area contributed by atoms with E-state index in [-0.39, 0.29) is 41.2 Å². The molecule has 188 valence electrons. The Morgan fingerprint density at radius 3 is 2.09 bits per heavy atom. The van der Waals surface area contributed by atoms with Crippen LogP contribution in [0.5, 0.6) is 11.5 Å². The Kier molecular flexibility index (Phi) is 7.40. The molecule has 3 saturated carbocycles. The van der Waals surface area contributed by atoms with Gasteiger partial charge in [0.25, 0.3) is 11.8 Å². The summed E-state index contributed by atoms with van der Waals surface area (Å²) in [6.07, 6.45) is 1.43. The first-order chi connectivity index (χ1) is 16.6. The summed E-state index contributed by atoms with van der Waals surface area (Å²) in [7, 11) is 0. The minimum Gasteiger partial charge on any atom is -0.484 e. The maximum atomic E-state index is 13.5. The van der Waals surface area contributed by atoms with Gasteiger partial charge in [0, 0.05) is 17.7 Å². The lowest BCUT2D eigenvalue weighted by molar-refractivity contribution is -0.137. The van der Waals surface area contributed by atoms with Crippen molar-refractivity contribution < 1.29 is 33.0 Å². The molecular formula is C24H24Cl2F2N2O5. The fourth-order valence-electron chi connectivity index (χ4n) is 4.74. The lowest BCUT2D eigenvalue weighted by atomic mass is 9.60. The first kappa shape index (κ1) is 25.5. The highest BCUT2D eigenvalue weighted by Crippen LogP contribution is 2.47. The summed E-state index contributed by atoms with van der Waals surface area (Å²) >= 11 is 11.4. The summed E-state index contributed by atoms with van der Waals surface area (Å²) in [6.45, 7) is -0.632. The SMILES string of the molecule is O=C(COc1ccc(Cl)c(F)c1)NC12CCC(NC(=O)COc3ccc(F)c(Cl)c3)(CC1)[C@H](O)C2. The van der Waals surface area contributed by atoms with Crippen molar-refractivity contribution in [2.75, 3.05) is 13.2 Å². The molecule has 0 heterocycles. The average molecular weight is 529 g/mol. The Bertz CT molecular complexity index is 1130. The number of benzene rings is 2. The highest BCUT2D eigenvalue weighted by molar-refractivity contribution is 6.31. The zero-order chi connectivity index (χ0) is 25.2. The van der Waals surface area contributed by atoms with Gasteiger partial charge in [-0.1, -0.05) is 23.2 Å². The zero-order valence-corrected chi connectivity index (χ0v) is 20.1. The van der Waals surface area contributed by atoms with Crippen LogP contribution in [0.3, 0.4) is 0 Å².